The third-order valence-electron chi connectivity index (χ3n) is 2.07. The Morgan fingerprint density at radius 3 is 2.21 bits per heavy atom. The molecule has 1 heterocycles. The van der Waals surface area contributed by atoms with E-state index >= 15 is 0 Å². The highest BCUT2D eigenvalue weighted by Crippen LogP contribution is 2.35. The molecule has 0 radical (unpaired) electrons. The number of hydrogen-bond donors (Lipinski definition) is 0. The Bertz CT molecular complexity index is 329. The second-order valence-electron chi connectivity index (χ2n) is 3.51. The number of pyridine rings is 1. The quantitative estimate of drug-likeness (QED) is 0.680. The minimum atomic E-state index is -4.28. The average molecular weight is 203 g/mol. The van der Waals surface area contributed by atoms with Gasteiger partial charge < -0.3 is 0 Å². The van der Waals surface area contributed by atoms with Crippen LogP contribution >= 0.6 is 0 Å². The third kappa shape index (κ3) is 2.05. The first-order chi connectivity index (χ1) is 6.34. The highest BCUT2D eigenvalue weighted by molar-refractivity contribution is 5.34. The van der Waals surface area contributed by atoms with Crippen molar-refractivity contribution in [1.29, 1.82) is 0 Å². The minimum Gasteiger partial charge on any atom is -0.261 e. The molecule has 1 aromatic heterocycles. The van der Waals surface area contributed by atoms with Crippen LogP contribution in [0.5, 0.6) is 0 Å². The molecule has 0 atom stereocenters. The Morgan fingerprint density at radius 2 is 1.86 bits per heavy atom. The standard InChI is InChI=1S/C10H12F3N/c1-6(2)9-7(3)14-5-4-8(9)10(11,12)13/h4-6H,1-3H3. The largest absolute Gasteiger partial charge is 0.416 e. The number of nitrogens with zero attached hydrogens (tertiary/aromatic N) is 1. The van der Waals surface area contributed by atoms with Crippen molar-refractivity contribution in [2.75, 3.05) is 0 Å². The zero-order chi connectivity index (χ0) is 10.9. The van der Waals surface area contributed by atoms with Gasteiger partial charge in [0.1, 0.15) is 0 Å². The molecule has 1 nitrogen and oxygen atoms in total. The summed E-state index contributed by atoms with van der Waals surface area (Å²) in [4.78, 5) is 3.87. The molecule has 14 heavy (non-hydrogen) atoms. The summed E-state index contributed by atoms with van der Waals surface area (Å²) in [6, 6.07) is 1.03. The Balaban J connectivity index is 3.36. The highest BCUT2D eigenvalue weighted by Gasteiger charge is 2.34. The molecule has 4 heteroatoms. The summed E-state index contributed by atoms with van der Waals surface area (Å²) in [5.74, 6) is -0.166. The van der Waals surface area contributed by atoms with Crippen molar-refractivity contribution in [3.63, 3.8) is 0 Å². The van der Waals surface area contributed by atoms with Gasteiger partial charge in [0.2, 0.25) is 0 Å². The molecule has 0 aliphatic heterocycles. The van der Waals surface area contributed by atoms with E-state index < -0.39 is 11.7 Å². The monoisotopic (exact) mass is 203 g/mol. The summed E-state index contributed by atoms with van der Waals surface area (Å²) in [6.07, 6.45) is -3.09. The number of halogens is 3. The number of alkyl halides is 3. The molecule has 0 aromatic carbocycles. The van der Waals surface area contributed by atoms with Gasteiger partial charge in [-0.3, -0.25) is 4.98 Å². The van der Waals surface area contributed by atoms with Gasteiger partial charge >= 0.3 is 6.18 Å². The van der Waals surface area contributed by atoms with Crippen molar-refractivity contribution in [2.24, 2.45) is 0 Å². The van der Waals surface area contributed by atoms with E-state index in [9.17, 15) is 13.2 Å². The fourth-order valence-electron chi connectivity index (χ4n) is 1.55. The van der Waals surface area contributed by atoms with Crippen LogP contribution in [0.4, 0.5) is 13.2 Å². The number of aryl methyl sites for hydroxylation is 1. The number of hydrogen-bond acceptors (Lipinski definition) is 1. The van der Waals surface area contributed by atoms with E-state index in [1.54, 1.807) is 20.8 Å². The average Bonchev–Trinajstić information content (AvgIpc) is 2.01. The molecule has 0 saturated carbocycles. The van der Waals surface area contributed by atoms with Crippen molar-refractivity contribution in [3.8, 4) is 0 Å². The number of rotatable bonds is 1. The summed E-state index contributed by atoms with van der Waals surface area (Å²) in [5.41, 5.74) is 0.176. The van der Waals surface area contributed by atoms with E-state index in [4.69, 9.17) is 0 Å². The van der Waals surface area contributed by atoms with E-state index in [1.807, 2.05) is 0 Å². The predicted octanol–water partition coefficient (Wildman–Crippen LogP) is 3.53. The molecule has 0 amide bonds. The maximum absolute atomic E-state index is 12.6. The van der Waals surface area contributed by atoms with E-state index in [0.717, 1.165) is 6.07 Å². The van der Waals surface area contributed by atoms with Gasteiger partial charge in [-0.25, -0.2) is 0 Å². The molecule has 0 unspecified atom stereocenters. The van der Waals surface area contributed by atoms with Crippen LogP contribution in [0.2, 0.25) is 0 Å². The Morgan fingerprint density at radius 1 is 1.29 bits per heavy atom. The van der Waals surface area contributed by atoms with Crippen molar-refractivity contribution in [2.45, 2.75) is 32.9 Å². The van der Waals surface area contributed by atoms with Crippen LogP contribution in [0, 0.1) is 6.92 Å². The van der Waals surface area contributed by atoms with Gasteiger partial charge in [0, 0.05) is 11.9 Å². The zero-order valence-corrected chi connectivity index (χ0v) is 8.31. The topological polar surface area (TPSA) is 12.9 Å². The normalized spacial score (nSPS) is 12.2. The van der Waals surface area contributed by atoms with Crippen molar-refractivity contribution >= 4 is 0 Å². The van der Waals surface area contributed by atoms with Crippen LogP contribution in [0.15, 0.2) is 12.3 Å². The lowest BCUT2D eigenvalue weighted by Crippen LogP contribution is -2.12. The molecule has 0 bridgehead atoms. The third-order valence-corrected chi connectivity index (χ3v) is 2.07. The van der Waals surface area contributed by atoms with Gasteiger partial charge in [-0.1, -0.05) is 13.8 Å². The summed E-state index contributed by atoms with van der Waals surface area (Å²) >= 11 is 0. The fraction of sp³-hybridized carbons (Fsp3) is 0.500. The Hall–Kier alpha value is -1.06. The summed E-state index contributed by atoms with van der Waals surface area (Å²) < 4.78 is 37.7. The predicted molar refractivity (Wildman–Crippen MR) is 48.1 cm³/mol. The van der Waals surface area contributed by atoms with Gasteiger partial charge in [-0.2, -0.15) is 13.2 Å². The van der Waals surface area contributed by atoms with Gasteiger partial charge in [-0.05, 0) is 24.5 Å². The van der Waals surface area contributed by atoms with E-state index in [2.05, 4.69) is 4.98 Å². The minimum absolute atomic E-state index is 0.166. The molecule has 0 saturated heterocycles. The molecule has 1 aromatic rings. The van der Waals surface area contributed by atoms with E-state index in [-0.39, 0.29) is 5.92 Å². The Kier molecular flexibility index (Phi) is 2.83. The molecule has 0 aliphatic rings. The summed E-state index contributed by atoms with van der Waals surface area (Å²) in [5, 5.41) is 0. The highest BCUT2D eigenvalue weighted by atomic mass is 19.4. The molecule has 0 aliphatic carbocycles. The van der Waals surface area contributed by atoms with Gasteiger partial charge in [0.15, 0.2) is 0 Å². The van der Waals surface area contributed by atoms with Gasteiger partial charge in [0.25, 0.3) is 0 Å². The number of aromatic nitrogens is 1. The molecule has 78 valence electrons. The molecule has 0 N–H and O–H groups in total. The van der Waals surface area contributed by atoms with Crippen molar-refractivity contribution < 1.29 is 13.2 Å². The van der Waals surface area contributed by atoms with E-state index in [1.165, 1.54) is 6.20 Å². The molecule has 1 rings (SSSR count). The maximum Gasteiger partial charge on any atom is 0.416 e. The summed E-state index contributed by atoms with van der Waals surface area (Å²) in [6.45, 7) is 5.07. The second-order valence-corrected chi connectivity index (χ2v) is 3.51. The molecule has 0 fully saturated rings. The van der Waals surface area contributed by atoms with Crippen LogP contribution in [0.3, 0.4) is 0 Å². The van der Waals surface area contributed by atoms with Crippen molar-refractivity contribution in [1.82, 2.24) is 4.98 Å². The smallest absolute Gasteiger partial charge is 0.261 e. The first kappa shape index (κ1) is 11.0. The van der Waals surface area contributed by atoms with Gasteiger partial charge in [0.05, 0.1) is 5.56 Å². The Labute approximate surface area is 81.0 Å². The molecular formula is C10H12F3N. The fourth-order valence-corrected chi connectivity index (χ4v) is 1.55. The van der Waals surface area contributed by atoms with Crippen LogP contribution in [0.25, 0.3) is 0 Å². The van der Waals surface area contributed by atoms with Crippen LogP contribution in [0.1, 0.15) is 36.6 Å². The van der Waals surface area contributed by atoms with E-state index in [0.29, 0.717) is 11.3 Å². The molecular weight excluding hydrogens is 191 g/mol. The first-order valence-corrected chi connectivity index (χ1v) is 4.36. The van der Waals surface area contributed by atoms with Crippen molar-refractivity contribution in [3.05, 3.63) is 29.1 Å². The first-order valence-electron chi connectivity index (χ1n) is 4.36. The van der Waals surface area contributed by atoms with Crippen LogP contribution in [-0.4, -0.2) is 4.98 Å². The van der Waals surface area contributed by atoms with Crippen LogP contribution in [-0.2, 0) is 6.18 Å². The lowest BCUT2D eigenvalue weighted by atomic mass is 9.96. The lowest BCUT2D eigenvalue weighted by molar-refractivity contribution is -0.138. The lowest BCUT2D eigenvalue weighted by Gasteiger charge is -2.16. The second kappa shape index (κ2) is 3.59. The van der Waals surface area contributed by atoms with Crippen LogP contribution < -0.4 is 0 Å². The van der Waals surface area contributed by atoms with Gasteiger partial charge in [-0.15, -0.1) is 0 Å². The zero-order valence-electron chi connectivity index (χ0n) is 8.31. The maximum atomic E-state index is 12.6. The summed E-state index contributed by atoms with van der Waals surface area (Å²) in [7, 11) is 0. The molecule has 0 spiro atoms. The SMILES string of the molecule is Cc1nccc(C(F)(F)F)c1C(C)C.